The maximum atomic E-state index is 13.0. The molecule has 0 amide bonds. The van der Waals surface area contributed by atoms with Crippen LogP contribution in [0.25, 0.3) is 0 Å². The Bertz CT molecular complexity index is 991. The predicted molar refractivity (Wildman–Crippen MR) is 158 cm³/mol. The van der Waals surface area contributed by atoms with Crippen LogP contribution in [0.5, 0.6) is 0 Å². The van der Waals surface area contributed by atoms with E-state index in [1.807, 2.05) is 20.8 Å². The van der Waals surface area contributed by atoms with E-state index in [0.717, 1.165) is 18.8 Å². The fourth-order valence-corrected chi connectivity index (χ4v) is 4.00. The highest BCUT2D eigenvalue weighted by atomic mass is 32.2. The molecule has 0 saturated heterocycles. The van der Waals surface area contributed by atoms with Crippen molar-refractivity contribution in [2.45, 2.75) is 66.2 Å². The van der Waals surface area contributed by atoms with E-state index in [-0.39, 0.29) is 23.4 Å². The quantitative estimate of drug-likeness (QED) is 0.176. The maximum absolute atomic E-state index is 13.0. The highest BCUT2D eigenvalue weighted by Gasteiger charge is 2.28. The molecule has 0 radical (unpaired) electrons. The van der Waals surface area contributed by atoms with Crippen LogP contribution in [-0.2, 0) is 31.5 Å². The molecule has 0 bridgehead atoms. The summed E-state index contributed by atoms with van der Waals surface area (Å²) in [6, 6.07) is 12.4. The van der Waals surface area contributed by atoms with Crippen LogP contribution >= 0.6 is 0 Å². The number of aryl methyl sites for hydroxylation is 1. The Kier molecular flexibility index (Phi) is 18.4. The summed E-state index contributed by atoms with van der Waals surface area (Å²) in [4.78, 5) is 25.5. The number of esters is 1. The van der Waals surface area contributed by atoms with E-state index in [0.29, 0.717) is 35.1 Å². The van der Waals surface area contributed by atoms with Crippen LogP contribution in [0.4, 0.5) is 4.39 Å². The molecule has 2 N–H and O–H groups in total. The monoisotopic (exact) mass is 565 g/mol. The molecular formula is C31H48FNO5S. The summed E-state index contributed by atoms with van der Waals surface area (Å²) in [5.41, 5.74) is 6.88. The lowest BCUT2D eigenvalue weighted by Gasteiger charge is -2.22. The van der Waals surface area contributed by atoms with Crippen LogP contribution in [0.3, 0.4) is 0 Å². The van der Waals surface area contributed by atoms with Crippen LogP contribution in [-0.4, -0.2) is 48.6 Å². The van der Waals surface area contributed by atoms with Gasteiger partial charge in [0.2, 0.25) is 0 Å². The summed E-state index contributed by atoms with van der Waals surface area (Å²) in [6.45, 7) is 16.6. The minimum atomic E-state index is -1.10. The third-order valence-corrected chi connectivity index (χ3v) is 6.92. The molecule has 2 atom stereocenters. The molecule has 6 nitrogen and oxygen atoms in total. The van der Waals surface area contributed by atoms with Crippen LogP contribution in [0.15, 0.2) is 53.4 Å². The van der Waals surface area contributed by atoms with Crippen molar-refractivity contribution in [2.75, 3.05) is 32.6 Å². The zero-order valence-electron chi connectivity index (χ0n) is 24.9. The molecule has 0 aliphatic heterocycles. The Labute approximate surface area is 237 Å². The van der Waals surface area contributed by atoms with Crippen molar-refractivity contribution in [3.63, 3.8) is 0 Å². The molecule has 0 fully saturated rings. The Morgan fingerprint density at radius 1 is 1.03 bits per heavy atom. The van der Waals surface area contributed by atoms with E-state index in [1.165, 1.54) is 19.2 Å². The number of nitrogens with two attached hydrogens (primary N) is 1. The zero-order chi connectivity index (χ0) is 30.0. The van der Waals surface area contributed by atoms with Crippen molar-refractivity contribution in [1.29, 1.82) is 0 Å². The molecule has 39 heavy (non-hydrogen) atoms. The molecule has 220 valence electrons. The molecule has 2 rings (SSSR count). The SMILES string of the molecule is CC.CC(C)COCC(C)(C)CN.CCS(=O)c1ccc(C(=O)C(CCc2ccc(F)cc2)C(=O)OC)cc1. The number of hydrogen-bond donors (Lipinski definition) is 1. The number of halogens is 1. The molecule has 0 aromatic heterocycles. The van der Waals surface area contributed by atoms with E-state index < -0.39 is 22.7 Å². The molecular weight excluding hydrogens is 517 g/mol. The van der Waals surface area contributed by atoms with Crippen molar-refractivity contribution >= 4 is 22.6 Å². The molecule has 0 heterocycles. The number of ketones is 1. The summed E-state index contributed by atoms with van der Waals surface area (Å²) >= 11 is 0. The van der Waals surface area contributed by atoms with Crippen LogP contribution in [0.1, 0.15) is 70.8 Å². The number of carbonyl (C=O) groups is 2. The first-order chi connectivity index (χ1) is 18.4. The second-order valence-electron chi connectivity index (χ2n) is 10.0. The van der Waals surface area contributed by atoms with Gasteiger partial charge in [-0.15, -0.1) is 0 Å². The summed E-state index contributed by atoms with van der Waals surface area (Å²) < 4.78 is 35.0. The number of rotatable bonds is 13. The number of benzene rings is 2. The van der Waals surface area contributed by atoms with Crippen LogP contribution in [0.2, 0.25) is 0 Å². The lowest BCUT2D eigenvalue weighted by atomic mass is 9.91. The van der Waals surface area contributed by atoms with Crippen molar-refractivity contribution in [2.24, 2.45) is 23.0 Å². The average Bonchev–Trinajstić information content (AvgIpc) is 2.94. The molecule has 2 aromatic rings. The van der Waals surface area contributed by atoms with E-state index in [9.17, 15) is 18.2 Å². The van der Waals surface area contributed by atoms with Gasteiger partial charge in [-0.3, -0.25) is 13.8 Å². The van der Waals surface area contributed by atoms with Gasteiger partial charge in [0.05, 0.1) is 24.5 Å². The van der Waals surface area contributed by atoms with Gasteiger partial charge in [0, 0.05) is 28.2 Å². The maximum Gasteiger partial charge on any atom is 0.316 e. The fraction of sp³-hybridized carbons (Fsp3) is 0.548. The minimum Gasteiger partial charge on any atom is -0.468 e. The van der Waals surface area contributed by atoms with E-state index in [2.05, 4.69) is 27.7 Å². The van der Waals surface area contributed by atoms with Crippen molar-refractivity contribution in [3.8, 4) is 0 Å². The molecule has 0 aliphatic carbocycles. The average molecular weight is 566 g/mol. The number of ether oxygens (including phenoxy) is 2. The van der Waals surface area contributed by atoms with Gasteiger partial charge in [0.15, 0.2) is 5.78 Å². The smallest absolute Gasteiger partial charge is 0.316 e. The number of methoxy groups -OCH3 is 1. The standard InChI is InChI=1S/C20H21FO4S.C9H21NO.C2H6/c1-3-26(24)17-11-7-15(8-12-17)19(22)18(20(23)25-2)13-6-14-4-9-16(21)10-5-14;1-8(2)5-11-7-9(3,4)6-10;1-2/h4-5,7-12,18H,3,6,13H2,1-2H3;8H,5-7,10H2,1-4H3;1-2H3. The van der Waals surface area contributed by atoms with Crippen molar-refractivity contribution in [1.82, 2.24) is 0 Å². The Balaban J connectivity index is 0.000000935. The highest BCUT2D eigenvalue weighted by Crippen LogP contribution is 2.19. The number of Topliss-reactive ketones (excluding diaryl/α,β-unsaturated/α-hetero) is 1. The van der Waals surface area contributed by atoms with Crippen LogP contribution in [0, 0.1) is 23.1 Å². The van der Waals surface area contributed by atoms with E-state index in [1.54, 1.807) is 36.4 Å². The van der Waals surface area contributed by atoms with Gasteiger partial charge in [-0.1, -0.05) is 72.7 Å². The van der Waals surface area contributed by atoms with Gasteiger partial charge in [0.1, 0.15) is 11.7 Å². The largest absolute Gasteiger partial charge is 0.468 e. The second kappa shape index (κ2) is 19.6. The fourth-order valence-electron chi connectivity index (χ4n) is 3.23. The summed E-state index contributed by atoms with van der Waals surface area (Å²) in [5.74, 6) is -1.10. The van der Waals surface area contributed by atoms with Gasteiger partial charge in [-0.2, -0.15) is 0 Å². The van der Waals surface area contributed by atoms with Crippen molar-refractivity contribution in [3.05, 3.63) is 65.5 Å². The number of carbonyl (C=O) groups excluding carboxylic acids is 2. The first kappa shape index (κ1) is 36.6. The first-order valence-electron chi connectivity index (χ1n) is 13.6. The molecule has 8 heteroatoms. The predicted octanol–water partition coefficient (Wildman–Crippen LogP) is 6.23. The third-order valence-electron chi connectivity index (χ3n) is 5.60. The molecule has 0 spiro atoms. The van der Waals surface area contributed by atoms with E-state index >= 15 is 0 Å². The summed E-state index contributed by atoms with van der Waals surface area (Å²) in [7, 11) is 0.147. The Morgan fingerprint density at radius 2 is 1.59 bits per heavy atom. The normalized spacial score (nSPS) is 12.4. The van der Waals surface area contributed by atoms with Gasteiger partial charge < -0.3 is 15.2 Å². The minimum absolute atomic E-state index is 0.134. The Hall–Kier alpha value is -2.42. The van der Waals surface area contributed by atoms with Gasteiger partial charge in [-0.05, 0) is 55.1 Å². The lowest BCUT2D eigenvalue weighted by molar-refractivity contribution is -0.143. The van der Waals surface area contributed by atoms with Gasteiger partial charge in [0.25, 0.3) is 0 Å². The molecule has 0 aliphatic rings. The number of hydrogen-bond acceptors (Lipinski definition) is 6. The second-order valence-corrected chi connectivity index (χ2v) is 11.8. The van der Waals surface area contributed by atoms with Gasteiger partial charge in [-0.25, -0.2) is 4.39 Å². The van der Waals surface area contributed by atoms with E-state index in [4.69, 9.17) is 15.2 Å². The molecule has 0 saturated carbocycles. The topological polar surface area (TPSA) is 95.7 Å². The highest BCUT2D eigenvalue weighted by molar-refractivity contribution is 7.85. The zero-order valence-corrected chi connectivity index (χ0v) is 25.7. The van der Waals surface area contributed by atoms with Gasteiger partial charge >= 0.3 is 5.97 Å². The molecule has 2 aromatic carbocycles. The van der Waals surface area contributed by atoms with Crippen molar-refractivity contribution < 1.29 is 27.7 Å². The summed E-state index contributed by atoms with van der Waals surface area (Å²) in [5, 5.41) is 0. The van der Waals surface area contributed by atoms with Crippen LogP contribution < -0.4 is 5.73 Å². The third kappa shape index (κ3) is 14.5. The molecule has 2 unspecified atom stereocenters. The lowest BCUT2D eigenvalue weighted by Crippen LogP contribution is -2.29. The Morgan fingerprint density at radius 3 is 2.05 bits per heavy atom. The first-order valence-corrected chi connectivity index (χ1v) is 14.9. The summed E-state index contributed by atoms with van der Waals surface area (Å²) in [6.07, 6.45) is 0.712.